The first-order valence-electron chi connectivity index (χ1n) is 5.02. The van der Waals surface area contributed by atoms with E-state index in [4.69, 9.17) is 5.11 Å². The van der Waals surface area contributed by atoms with E-state index in [0.717, 1.165) is 5.57 Å². The van der Waals surface area contributed by atoms with Gasteiger partial charge in [0.1, 0.15) is 0 Å². The molecule has 92 valence electrons. The molecule has 0 saturated carbocycles. The zero-order valence-electron chi connectivity index (χ0n) is 9.55. The van der Waals surface area contributed by atoms with Gasteiger partial charge in [0.25, 0.3) is 0 Å². The summed E-state index contributed by atoms with van der Waals surface area (Å²) >= 11 is 2.94. The van der Waals surface area contributed by atoms with Gasteiger partial charge in [-0.3, -0.25) is 0 Å². The van der Waals surface area contributed by atoms with E-state index >= 15 is 0 Å². The van der Waals surface area contributed by atoms with Gasteiger partial charge in [-0.25, -0.2) is 9.18 Å². The number of anilines is 1. The summed E-state index contributed by atoms with van der Waals surface area (Å²) in [5, 5.41) is 11.7. The van der Waals surface area contributed by atoms with Crippen molar-refractivity contribution in [1.29, 1.82) is 0 Å². The fourth-order valence-corrected chi connectivity index (χ4v) is 1.73. The Labute approximate surface area is 107 Å². The molecule has 0 heterocycles. The molecule has 0 aliphatic rings. The van der Waals surface area contributed by atoms with E-state index in [2.05, 4.69) is 21.2 Å². The van der Waals surface area contributed by atoms with Crippen LogP contribution < -0.4 is 5.32 Å². The number of halogens is 2. The summed E-state index contributed by atoms with van der Waals surface area (Å²) in [6, 6.07) is 2.78. The van der Waals surface area contributed by atoms with Crippen LogP contribution in [-0.2, 0) is 0 Å². The molecule has 1 aromatic rings. The summed E-state index contributed by atoms with van der Waals surface area (Å²) in [7, 11) is 0. The van der Waals surface area contributed by atoms with Gasteiger partial charge in [-0.15, -0.1) is 0 Å². The van der Waals surface area contributed by atoms with Gasteiger partial charge in [0.15, 0.2) is 5.82 Å². The number of carboxylic acid groups (broad SMARTS) is 1. The molecule has 3 nitrogen and oxygen atoms in total. The Hall–Kier alpha value is -1.36. The summed E-state index contributed by atoms with van der Waals surface area (Å²) in [5.74, 6) is -1.75. The van der Waals surface area contributed by atoms with E-state index < -0.39 is 11.8 Å². The Morgan fingerprint density at radius 2 is 2.18 bits per heavy atom. The van der Waals surface area contributed by atoms with Crippen molar-refractivity contribution < 1.29 is 14.3 Å². The Bertz CT molecular complexity index is 468. The second-order valence-corrected chi connectivity index (χ2v) is 4.55. The number of carboxylic acids is 1. The summed E-state index contributed by atoms with van der Waals surface area (Å²) in [4.78, 5) is 10.8. The van der Waals surface area contributed by atoms with E-state index in [-0.39, 0.29) is 15.7 Å². The van der Waals surface area contributed by atoms with Crippen LogP contribution in [0, 0.1) is 5.82 Å². The summed E-state index contributed by atoms with van der Waals surface area (Å²) in [5.41, 5.74) is 1.31. The van der Waals surface area contributed by atoms with Gasteiger partial charge in [0.2, 0.25) is 0 Å². The Balaban J connectivity index is 2.93. The molecule has 0 aliphatic heterocycles. The smallest absolute Gasteiger partial charge is 0.336 e. The fraction of sp³-hybridized carbons (Fsp3) is 0.250. The van der Waals surface area contributed by atoms with Crippen molar-refractivity contribution in [3.8, 4) is 0 Å². The third kappa shape index (κ3) is 3.56. The van der Waals surface area contributed by atoms with Crippen LogP contribution in [-0.4, -0.2) is 17.6 Å². The van der Waals surface area contributed by atoms with Crippen molar-refractivity contribution in [2.45, 2.75) is 13.8 Å². The third-order valence-corrected chi connectivity index (χ3v) is 2.89. The second-order valence-electron chi connectivity index (χ2n) is 3.76. The van der Waals surface area contributed by atoms with Crippen LogP contribution in [0.2, 0.25) is 0 Å². The van der Waals surface area contributed by atoms with Crippen LogP contribution in [0.4, 0.5) is 10.1 Å². The molecule has 17 heavy (non-hydrogen) atoms. The molecule has 0 spiro atoms. The second kappa shape index (κ2) is 5.82. The van der Waals surface area contributed by atoms with Crippen LogP contribution in [0.1, 0.15) is 24.2 Å². The minimum Gasteiger partial charge on any atom is -0.478 e. The summed E-state index contributed by atoms with van der Waals surface area (Å²) < 4.78 is 13.7. The maximum absolute atomic E-state index is 13.8. The lowest BCUT2D eigenvalue weighted by Crippen LogP contribution is -2.05. The minimum absolute atomic E-state index is 0.0350. The number of nitrogens with one attached hydrogen (secondary N) is 1. The zero-order valence-corrected chi connectivity index (χ0v) is 11.1. The predicted octanol–water partition coefficient (Wildman–Crippen LogP) is 3.66. The topological polar surface area (TPSA) is 49.3 Å². The monoisotopic (exact) mass is 301 g/mol. The van der Waals surface area contributed by atoms with Gasteiger partial charge < -0.3 is 10.4 Å². The van der Waals surface area contributed by atoms with Crippen molar-refractivity contribution in [2.24, 2.45) is 0 Å². The van der Waals surface area contributed by atoms with Gasteiger partial charge in [-0.2, -0.15) is 0 Å². The lowest BCUT2D eigenvalue weighted by atomic mass is 10.2. The van der Waals surface area contributed by atoms with Gasteiger partial charge in [0.05, 0.1) is 15.7 Å². The van der Waals surface area contributed by atoms with Gasteiger partial charge in [0, 0.05) is 6.54 Å². The number of benzene rings is 1. The van der Waals surface area contributed by atoms with Crippen LogP contribution >= 0.6 is 15.9 Å². The average Bonchev–Trinajstić information content (AvgIpc) is 2.23. The van der Waals surface area contributed by atoms with Crippen molar-refractivity contribution in [3.05, 3.63) is 39.6 Å². The van der Waals surface area contributed by atoms with E-state index in [9.17, 15) is 9.18 Å². The highest BCUT2D eigenvalue weighted by molar-refractivity contribution is 9.10. The SMILES string of the molecule is CC(C)=CCNc1ccc(C(=O)O)c(Br)c1F. The number of aromatic carboxylic acids is 1. The number of hydrogen-bond donors (Lipinski definition) is 2. The molecule has 0 aromatic heterocycles. The zero-order chi connectivity index (χ0) is 13.0. The van der Waals surface area contributed by atoms with Gasteiger partial charge in [-0.1, -0.05) is 11.6 Å². The van der Waals surface area contributed by atoms with Crippen molar-refractivity contribution in [3.63, 3.8) is 0 Å². The lowest BCUT2D eigenvalue weighted by molar-refractivity contribution is 0.0695. The van der Waals surface area contributed by atoms with Crippen LogP contribution in [0.5, 0.6) is 0 Å². The molecule has 0 amide bonds. The maximum atomic E-state index is 13.8. The van der Waals surface area contributed by atoms with E-state index in [1.54, 1.807) is 0 Å². The standard InChI is InChI=1S/C12H13BrFNO2/c1-7(2)5-6-15-9-4-3-8(12(16)17)10(13)11(9)14/h3-5,15H,6H2,1-2H3,(H,16,17). The predicted molar refractivity (Wildman–Crippen MR) is 69.0 cm³/mol. The van der Waals surface area contributed by atoms with Gasteiger partial charge >= 0.3 is 5.97 Å². The molecule has 0 fully saturated rings. The molecular weight excluding hydrogens is 289 g/mol. The van der Waals surface area contributed by atoms with Crippen molar-refractivity contribution in [2.75, 3.05) is 11.9 Å². The third-order valence-electron chi connectivity index (χ3n) is 2.12. The number of hydrogen-bond acceptors (Lipinski definition) is 2. The van der Waals surface area contributed by atoms with Crippen LogP contribution in [0.25, 0.3) is 0 Å². The highest BCUT2D eigenvalue weighted by Crippen LogP contribution is 2.27. The first-order valence-corrected chi connectivity index (χ1v) is 5.81. The highest BCUT2D eigenvalue weighted by atomic mass is 79.9. The molecule has 0 unspecified atom stereocenters. The quantitative estimate of drug-likeness (QED) is 0.834. The van der Waals surface area contributed by atoms with E-state index in [1.807, 2.05) is 19.9 Å². The largest absolute Gasteiger partial charge is 0.478 e. The average molecular weight is 302 g/mol. The Morgan fingerprint density at radius 3 is 2.71 bits per heavy atom. The first kappa shape index (κ1) is 13.7. The normalized spacial score (nSPS) is 9.88. The number of rotatable bonds is 4. The van der Waals surface area contributed by atoms with E-state index in [0.29, 0.717) is 6.54 Å². The highest BCUT2D eigenvalue weighted by Gasteiger charge is 2.15. The summed E-state index contributed by atoms with van der Waals surface area (Å²) in [6.45, 7) is 4.39. The number of allylic oxidation sites excluding steroid dienone is 1. The molecule has 0 radical (unpaired) electrons. The molecular formula is C12H13BrFNO2. The summed E-state index contributed by atoms with van der Waals surface area (Å²) in [6.07, 6.45) is 1.92. The molecule has 1 aromatic carbocycles. The van der Waals surface area contributed by atoms with E-state index in [1.165, 1.54) is 12.1 Å². The maximum Gasteiger partial charge on any atom is 0.336 e. The van der Waals surface area contributed by atoms with Crippen molar-refractivity contribution >= 4 is 27.6 Å². The van der Waals surface area contributed by atoms with Crippen molar-refractivity contribution in [1.82, 2.24) is 0 Å². The van der Waals surface area contributed by atoms with Crippen LogP contribution in [0.3, 0.4) is 0 Å². The Kier molecular flexibility index (Phi) is 4.69. The fourth-order valence-electron chi connectivity index (χ4n) is 1.22. The molecule has 1 rings (SSSR count). The molecule has 5 heteroatoms. The molecule has 0 atom stereocenters. The molecule has 0 aliphatic carbocycles. The molecule has 2 N–H and O–H groups in total. The minimum atomic E-state index is -1.16. The van der Waals surface area contributed by atoms with Gasteiger partial charge in [-0.05, 0) is 41.9 Å². The number of carbonyl (C=O) groups is 1. The van der Waals surface area contributed by atoms with Crippen LogP contribution in [0.15, 0.2) is 28.3 Å². The lowest BCUT2D eigenvalue weighted by Gasteiger charge is -2.08. The Morgan fingerprint density at radius 1 is 1.53 bits per heavy atom. The molecule has 0 bridgehead atoms. The first-order chi connectivity index (χ1) is 7.93. The molecule has 0 saturated heterocycles.